The molecule has 0 unspecified atom stereocenters. The predicted molar refractivity (Wildman–Crippen MR) is 75.1 cm³/mol. The van der Waals surface area contributed by atoms with Gasteiger partial charge in [-0.1, -0.05) is 0 Å². The van der Waals surface area contributed by atoms with Crippen molar-refractivity contribution in [1.29, 1.82) is 0 Å². The lowest BCUT2D eigenvalue weighted by Crippen LogP contribution is -2.15. The van der Waals surface area contributed by atoms with Crippen LogP contribution in [-0.2, 0) is 9.53 Å². The van der Waals surface area contributed by atoms with Crippen molar-refractivity contribution in [2.24, 2.45) is 0 Å². The summed E-state index contributed by atoms with van der Waals surface area (Å²) in [5.41, 5.74) is 0.866. The zero-order valence-electron chi connectivity index (χ0n) is 10.6. The maximum absolute atomic E-state index is 11.8. The van der Waals surface area contributed by atoms with Gasteiger partial charge in [-0.05, 0) is 49.8 Å². The summed E-state index contributed by atoms with van der Waals surface area (Å²) in [5.74, 6) is 0.0717. The fourth-order valence-corrected chi connectivity index (χ4v) is 2.47. The second-order valence-corrected chi connectivity index (χ2v) is 5.33. The average Bonchev–Trinajstić information content (AvgIpc) is 2.90. The molecular formula is C14H19NO2S. The van der Waals surface area contributed by atoms with Gasteiger partial charge < -0.3 is 10.1 Å². The van der Waals surface area contributed by atoms with Gasteiger partial charge in [-0.15, -0.1) is 11.8 Å². The number of hydrogen-bond acceptors (Lipinski definition) is 3. The van der Waals surface area contributed by atoms with Gasteiger partial charge in [-0.3, -0.25) is 4.79 Å². The zero-order chi connectivity index (χ0) is 12.8. The first-order valence-electron chi connectivity index (χ1n) is 6.33. The van der Waals surface area contributed by atoms with Crippen molar-refractivity contribution in [3.05, 3.63) is 24.3 Å². The number of thioether (sulfide) groups is 1. The molecule has 0 aliphatic carbocycles. The highest BCUT2D eigenvalue weighted by Crippen LogP contribution is 2.19. The van der Waals surface area contributed by atoms with Crippen molar-refractivity contribution >= 4 is 23.4 Å². The molecule has 1 aromatic carbocycles. The fraction of sp³-hybridized carbons (Fsp3) is 0.500. The molecule has 1 saturated heterocycles. The third-order valence-electron chi connectivity index (χ3n) is 3.09. The van der Waals surface area contributed by atoms with Crippen molar-refractivity contribution < 1.29 is 9.53 Å². The summed E-state index contributed by atoms with van der Waals surface area (Å²) in [4.78, 5) is 13.0. The first kappa shape index (κ1) is 13.4. The number of nitrogens with one attached hydrogen (secondary N) is 1. The van der Waals surface area contributed by atoms with E-state index in [1.54, 1.807) is 11.8 Å². The van der Waals surface area contributed by atoms with Crippen molar-refractivity contribution in [3.8, 4) is 0 Å². The van der Waals surface area contributed by atoms with E-state index in [0.717, 1.165) is 31.6 Å². The summed E-state index contributed by atoms with van der Waals surface area (Å²) in [6.45, 7) is 0.850. The minimum Gasteiger partial charge on any atom is -0.378 e. The Labute approximate surface area is 112 Å². The fourth-order valence-electron chi connectivity index (χ4n) is 2.06. The van der Waals surface area contributed by atoms with Gasteiger partial charge in [0.05, 0.1) is 6.10 Å². The number of amides is 1. The molecule has 0 spiro atoms. The molecule has 2 rings (SSSR count). The minimum absolute atomic E-state index is 0.0717. The normalized spacial score (nSPS) is 18.8. The van der Waals surface area contributed by atoms with Crippen LogP contribution in [0.1, 0.15) is 25.7 Å². The molecule has 0 radical (unpaired) electrons. The van der Waals surface area contributed by atoms with Gasteiger partial charge in [0.1, 0.15) is 0 Å². The Kier molecular flexibility index (Phi) is 5.08. The summed E-state index contributed by atoms with van der Waals surface area (Å²) >= 11 is 1.69. The van der Waals surface area contributed by atoms with Crippen LogP contribution in [0, 0.1) is 0 Å². The Morgan fingerprint density at radius 3 is 2.83 bits per heavy atom. The predicted octanol–water partition coefficient (Wildman–Crippen LogP) is 3.31. The van der Waals surface area contributed by atoms with E-state index in [1.165, 1.54) is 4.90 Å². The Hall–Kier alpha value is -1.00. The van der Waals surface area contributed by atoms with Crippen LogP contribution in [0.2, 0.25) is 0 Å². The molecule has 1 aromatic rings. The Bertz CT molecular complexity index is 385. The molecule has 0 saturated carbocycles. The van der Waals surface area contributed by atoms with Gasteiger partial charge in [0, 0.05) is 23.6 Å². The lowest BCUT2D eigenvalue weighted by atomic mass is 10.1. The number of carbonyl (C=O) groups excluding carboxylic acids is 1. The first-order chi connectivity index (χ1) is 8.78. The van der Waals surface area contributed by atoms with Crippen molar-refractivity contribution in [1.82, 2.24) is 0 Å². The molecule has 1 atom stereocenters. The van der Waals surface area contributed by atoms with E-state index in [4.69, 9.17) is 4.74 Å². The Balaban J connectivity index is 1.75. The molecule has 1 amide bonds. The highest BCUT2D eigenvalue weighted by atomic mass is 32.2. The van der Waals surface area contributed by atoms with Gasteiger partial charge in [0.25, 0.3) is 0 Å². The molecule has 18 heavy (non-hydrogen) atoms. The summed E-state index contributed by atoms with van der Waals surface area (Å²) < 4.78 is 5.50. The average molecular weight is 265 g/mol. The topological polar surface area (TPSA) is 38.3 Å². The number of benzene rings is 1. The molecule has 1 aliphatic rings. The number of ether oxygens (including phenoxy) is 1. The quantitative estimate of drug-likeness (QED) is 0.830. The Morgan fingerprint density at radius 2 is 2.22 bits per heavy atom. The molecular weight excluding hydrogens is 246 g/mol. The second-order valence-electron chi connectivity index (χ2n) is 4.45. The molecule has 0 aromatic heterocycles. The molecule has 1 aliphatic heterocycles. The first-order valence-corrected chi connectivity index (χ1v) is 7.56. The molecule has 3 nitrogen and oxygen atoms in total. The zero-order valence-corrected chi connectivity index (χ0v) is 11.5. The number of rotatable bonds is 5. The van der Waals surface area contributed by atoms with Crippen LogP contribution < -0.4 is 5.32 Å². The molecule has 98 valence electrons. The van der Waals surface area contributed by atoms with Gasteiger partial charge in [-0.25, -0.2) is 0 Å². The van der Waals surface area contributed by atoms with E-state index >= 15 is 0 Å². The summed E-state index contributed by atoms with van der Waals surface area (Å²) in [5, 5.41) is 2.91. The van der Waals surface area contributed by atoms with E-state index < -0.39 is 0 Å². The van der Waals surface area contributed by atoms with Crippen LogP contribution >= 0.6 is 11.8 Å². The van der Waals surface area contributed by atoms with Gasteiger partial charge >= 0.3 is 0 Å². The van der Waals surface area contributed by atoms with E-state index in [-0.39, 0.29) is 12.0 Å². The maximum Gasteiger partial charge on any atom is 0.224 e. The maximum atomic E-state index is 11.8. The van der Waals surface area contributed by atoms with Crippen LogP contribution in [0.4, 0.5) is 5.69 Å². The number of carbonyl (C=O) groups is 1. The van der Waals surface area contributed by atoms with Crippen LogP contribution in [0.5, 0.6) is 0 Å². The van der Waals surface area contributed by atoms with Crippen molar-refractivity contribution in [3.63, 3.8) is 0 Å². The molecule has 0 bridgehead atoms. The molecule has 4 heteroatoms. The van der Waals surface area contributed by atoms with Crippen molar-refractivity contribution in [2.75, 3.05) is 18.2 Å². The smallest absolute Gasteiger partial charge is 0.224 e. The second kappa shape index (κ2) is 6.81. The lowest BCUT2D eigenvalue weighted by Gasteiger charge is -2.09. The molecule has 1 N–H and O–H groups in total. The SMILES string of the molecule is CSc1ccc(NC(=O)CC[C@H]2CCCO2)cc1. The Morgan fingerprint density at radius 1 is 1.44 bits per heavy atom. The van der Waals surface area contributed by atoms with Gasteiger partial charge in [0.15, 0.2) is 0 Å². The summed E-state index contributed by atoms with van der Waals surface area (Å²) in [6, 6.07) is 7.91. The van der Waals surface area contributed by atoms with E-state index in [9.17, 15) is 4.79 Å². The minimum atomic E-state index is 0.0717. The van der Waals surface area contributed by atoms with Crippen LogP contribution in [0.3, 0.4) is 0 Å². The van der Waals surface area contributed by atoms with Gasteiger partial charge in [0.2, 0.25) is 5.91 Å². The van der Waals surface area contributed by atoms with Gasteiger partial charge in [-0.2, -0.15) is 0 Å². The standard InChI is InChI=1S/C14H19NO2S/c1-18-13-7-4-11(5-8-13)15-14(16)9-6-12-3-2-10-17-12/h4-5,7-8,12H,2-3,6,9-10H2,1H3,(H,15,16)/t12-/m1/s1. The monoisotopic (exact) mass is 265 g/mol. The largest absolute Gasteiger partial charge is 0.378 e. The van der Waals surface area contributed by atoms with E-state index in [2.05, 4.69) is 5.32 Å². The third kappa shape index (κ3) is 4.03. The lowest BCUT2D eigenvalue weighted by molar-refractivity contribution is -0.116. The molecule has 1 heterocycles. The highest BCUT2D eigenvalue weighted by molar-refractivity contribution is 7.98. The number of anilines is 1. The van der Waals surface area contributed by atoms with E-state index in [0.29, 0.717) is 6.42 Å². The summed E-state index contributed by atoms with van der Waals surface area (Å²) in [6.07, 6.45) is 5.91. The van der Waals surface area contributed by atoms with Crippen LogP contribution in [-0.4, -0.2) is 24.9 Å². The number of hydrogen-bond donors (Lipinski definition) is 1. The summed E-state index contributed by atoms with van der Waals surface area (Å²) in [7, 11) is 0. The van der Waals surface area contributed by atoms with Crippen molar-refractivity contribution in [2.45, 2.75) is 36.7 Å². The third-order valence-corrected chi connectivity index (χ3v) is 3.83. The van der Waals surface area contributed by atoms with E-state index in [1.807, 2.05) is 30.5 Å². The highest BCUT2D eigenvalue weighted by Gasteiger charge is 2.16. The molecule has 1 fully saturated rings. The van der Waals surface area contributed by atoms with Crippen LogP contribution in [0.25, 0.3) is 0 Å². The van der Waals surface area contributed by atoms with Crippen LogP contribution in [0.15, 0.2) is 29.2 Å².